The van der Waals surface area contributed by atoms with Gasteiger partial charge in [-0.05, 0) is 19.2 Å². The normalized spacial score (nSPS) is 16.7. The third kappa shape index (κ3) is 2.52. The lowest BCUT2D eigenvalue weighted by Crippen LogP contribution is -2.44. The molecule has 0 saturated carbocycles. The Hall–Kier alpha value is -1.71. The molecule has 0 spiro atoms. The largest absolute Gasteiger partial charge is 0.367 e. The zero-order chi connectivity index (χ0) is 12.3. The molecule has 5 heteroatoms. The molecule has 1 fully saturated rings. The maximum atomic E-state index is 13.6. The van der Waals surface area contributed by atoms with Crippen LogP contribution in [0.4, 0.5) is 15.8 Å². The maximum absolute atomic E-state index is 13.6. The smallest absolute Gasteiger partial charge is 0.240 e. The van der Waals surface area contributed by atoms with Crippen LogP contribution >= 0.6 is 0 Å². The molecule has 17 heavy (non-hydrogen) atoms. The molecule has 1 heterocycles. The van der Waals surface area contributed by atoms with E-state index in [1.807, 2.05) is 11.9 Å². The minimum atomic E-state index is -0.482. The molecule has 4 nitrogen and oxygen atoms in total. The number of likely N-dealkylation sites (N-methyl/N-ethyl adjacent to an activating group) is 1. The number of isocyanates is 1. The van der Waals surface area contributed by atoms with Crippen molar-refractivity contribution in [2.45, 2.75) is 0 Å². The van der Waals surface area contributed by atoms with Crippen molar-refractivity contribution in [2.24, 2.45) is 4.99 Å². The zero-order valence-corrected chi connectivity index (χ0v) is 9.69. The minimum Gasteiger partial charge on any atom is -0.367 e. The van der Waals surface area contributed by atoms with Crippen molar-refractivity contribution in [3.05, 3.63) is 24.0 Å². The van der Waals surface area contributed by atoms with Crippen LogP contribution in [-0.2, 0) is 4.79 Å². The summed E-state index contributed by atoms with van der Waals surface area (Å²) in [5.41, 5.74) is 0.758. The number of aliphatic imine (C=N–C) groups is 1. The van der Waals surface area contributed by atoms with Crippen molar-refractivity contribution in [3.8, 4) is 0 Å². The Balaban J connectivity index is 2.31. The van der Waals surface area contributed by atoms with E-state index < -0.39 is 5.82 Å². The first-order valence-corrected chi connectivity index (χ1v) is 5.52. The lowest BCUT2D eigenvalue weighted by molar-refractivity contribution is 0.313. The van der Waals surface area contributed by atoms with Gasteiger partial charge in [0.25, 0.3) is 0 Å². The van der Waals surface area contributed by atoms with Gasteiger partial charge in [-0.2, -0.15) is 4.99 Å². The first kappa shape index (κ1) is 11.8. The molecular formula is C12H14FN3O. The average Bonchev–Trinajstić information content (AvgIpc) is 2.33. The highest BCUT2D eigenvalue weighted by Gasteiger charge is 2.18. The summed E-state index contributed by atoms with van der Waals surface area (Å²) in [5, 5.41) is 0. The molecule has 1 aromatic rings. The van der Waals surface area contributed by atoms with Crippen LogP contribution in [0.2, 0.25) is 0 Å². The SMILES string of the molecule is CN1CCN(c2cccc(F)c2N=C=O)CC1. The number of benzene rings is 1. The van der Waals surface area contributed by atoms with Crippen LogP contribution in [0.5, 0.6) is 0 Å². The van der Waals surface area contributed by atoms with Crippen molar-refractivity contribution in [3.63, 3.8) is 0 Å². The Kier molecular flexibility index (Phi) is 3.52. The second kappa shape index (κ2) is 5.08. The van der Waals surface area contributed by atoms with Gasteiger partial charge < -0.3 is 9.80 Å². The Labute approximate surface area is 99.4 Å². The lowest BCUT2D eigenvalue weighted by Gasteiger charge is -2.34. The fraction of sp³-hybridized carbons (Fsp3) is 0.417. The van der Waals surface area contributed by atoms with E-state index in [-0.39, 0.29) is 5.69 Å². The number of anilines is 1. The van der Waals surface area contributed by atoms with E-state index >= 15 is 0 Å². The van der Waals surface area contributed by atoms with Crippen LogP contribution in [0, 0.1) is 5.82 Å². The fourth-order valence-corrected chi connectivity index (χ4v) is 1.96. The molecule has 0 aromatic heterocycles. The van der Waals surface area contributed by atoms with Crippen molar-refractivity contribution < 1.29 is 9.18 Å². The van der Waals surface area contributed by atoms with Crippen molar-refractivity contribution in [2.75, 3.05) is 38.1 Å². The molecule has 0 unspecified atom stereocenters. The average molecular weight is 235 g/mol. The Bertz CT molecular complexity index is 449. The van der Waals surface area contributed by atoms with Crippen molar-refractivity contribution >= 4 is 17.5 Å². The van der Waals surface area contributed by atoms with Crippen LogP contribution in [0.25, 0.3) is 0 Å². The van der Waals surface area contributed by atoms with Crippen LogP contribution in [0.1, 0.15) is 0 Å². The predicted octanol–water partition coefficient (Wildman–Crippen LogP) is 1.54. The van der Waals surface area contributed by atoms with Crippen LogP contribution in [0.15, 0.2) is 23.2 Å². The van der Waals surface area contributed by atoms with Crippen LogP contribution < -0.4 is 4.90 Å². The van der Waals surface area contributed by atoms with Gasteiger partial charge in [0.2, 0.25) is 6.08 Å². The highest BCUT2D eigenvalue weighted by molar-refractivity contribution is 5.70. The molecule has 1 aliphatic heterocycles. The van der Waals surface area contributed by atoms with E-state index in [1.54, 1.807) is 12.1 Å². The summed E-state index contributed by atoms with van der Waals surface area (Å²) < 4.78 is 13.6. The molecule has 0 atom stereocenters. The molecule has 0 bridgehead atoms. The Morgan fingerprint density at radius 2 is 2.00 bits per heavy atom. The second-order valence-corrected chi connectivity index (χ2v) is 4.10. The summed E-state index contributed by atoms with van der Waals surface area (Å²) in [5.74, 6) is -0.482. The topological polar surface area (TPSA) is 35.9 Å². The van der Waals surface area contributed by atoms with Gasteiger partial charge in [0.1, 0.15) is 5.69 Å². The van der Waals surface area contributed by atoms with Crippen molar-refractivity contribution in [1.82, 2.24) is 4.90 Å². The highest BCUT2D eigenvalue weighted by atomic mass is 19.1. The quantitative estimate of drug-likeness (QED) is 0.576. The minimum absolute atomic E-state index is 0.0899. The molecule has 0 aliphatic carbocycles. The third-order valence-corrected chi connectivity index (χ3v) is 2.97. The summed E-state index contributed by atoms with van der Waals surface area (Å²) in [7, 11) is 2.05. The molecule has 2 rings (SSSR count). The first-order valence-electron chi connectivity index (χ1n) is 5.52. The zero-order valence-electron chi connectivity index (χ0n) is 9.69. The van der Waals surface area contributed by atoms with E-state index in [1.165, 1.54) is 12.1 Å². The Morgan fingerprint density at radius 1 is 1.29 bits per heavy atom. The summed E-state index contributed by atoms with van der Waals surface area (Å²) in [6, 6.07) is 4.72. The second-order valence-electron chi connectivity index (χ2n) is 4.10. The van der Waals surface area contributed by atoms with Gasteiger partial charge in [-0.25, -0.2) is 9.18 Å². The standard InChI is InChI=1S/C12H14FN3O/c1-15-5-7-16(8-6-15)11-4-2-3-10(13)12(11)14-9-17/h2-4H,5-8H2,1H3. The van der Waals surface area contributed by atoms with E-state index in [4.69, 9.17) is 0 Å². The van der Waals surface area contributed by atoms with E-state index in [0.717, 1.165) is 26.2 Å². The monoisotopic (exact) mass is 235 g/mol. The lowest BCUT2D eigenvalue weighted by atomic mass is 10.2. The molecule has 1 saturated heterocycles. The number of rotatable bonds is 2. The fourth-order valence-electron chi connectivity index (χ4n) is 1.96. The number of nitrogens with zero attached hydrogens (tertiary/aromatic N) is 3. The van der Waals surface area contributed by atoms with Gasteiger partial charge in [0.05, 0.1) is 5.69 Å². The molecule has 0 radical (unpaired) electrons. The van der Waals surface area contributed by atoms with Crippen LogP contribution in [0.3, 0.4) is 0 Å². The number of para-hydroxylation sites is 1. The molecular weight excluding hydrogens is 221 g/mol. The molecule has 0 amide bonds. The van der Waals surface area contributed by atoms with Crippen LogP contribution in [-0.4, -0.2) is 44.2 Å². The van der Waals surface area contributed by atoms with E-state index in [0.29, 0.717) is 5.69 Å². The van der Waals surface area contributed by atoms with Gasteiger partial charge in [0, 0.05) is 26.2 Å². The summed E-state index contributed by atoms with van der Waals surface area (Å²) in [6.45, 7) is 3.45. The Morgan fingerprint density at radius 3 is 2.65 bits per heavy atom. The van der Waals surface area contributed by atoms with Gasteiger partial charge in [0.15, 0.2) is 5.82 Å². The number of carbonyl (C=O) groups excluding carboxylic acids is 1. The van der Waals surface area contributed by atoms with Gasteiger partial charge in [-0.1, -0.05) is 6.07 Å². The summed E-state index contributed by atoms with van der Waals surface area (Å²) >= 11 is 0. The number of hydrogen-bond acceptors (Lipinski definition) is 4. The van der Waals surface area contributed by atoms with Gasteiger partial charge in [-0.3, -0.25) is 0 Å². The predicted molar refractivity (Wildman–Crippen MR) is 63.9 cm³/mol. The van der Waals surface area contributed by atoms with E-state index in [2.05, 4.69) is 9.89 Å². The van der Waals surface area contributed by atoms with Crippen molar-refractivity contribution in [1.29, 1.82) is 0 Å². The number of halogens is 1. The summed E-state index contributed by atoms with van der Waals surface area (Å²) in [4.78, 5) is 18.0. The maximum Gasteiger partial charge on any atom is 0.240 e. The first-order chi connectivity index (χ1) is 8.22. The molecule has 90 valence electrons. The summed E-state index contributed by atoms with van der Waals surface area (Å²) in [6.07, 6.45) is 1.41. The third-order valence-electron chi connectivity index (χ3n) is 2.97. The highest BCUT2D eigenvalue weighted by Crippen LogP contribution is 2.31. The molecule has 1 aliphatic rings. The number of hydrogen-bond donors (Lipinski definition) is 0. The molecule has 0 N–H and O–H groups in total. The molecule has 1 aromatic carbocycles. The number of piperazine rings is 1. The van der Waals surface area contributed by atoms with E-state index in [9.17, 15) is 9.18 Å². The van der Waals surface area contributed by atoms with Gasteiger partial charge in [-0.15, -0.1) is 0 Å². The van der Waals surface area contributed by atoms with Gasteiger partial charge >= 0.3 is 0 Å².